The average Bonchev–Trinajstić information content (AvgIpc) is 3.99. The smallest absolute Gasteiger partial charge is 0.164 e. The van der Waals surface area contributed by atoms with Crippen molar-refractivity contribution in [3.05, 3.63) is 182 Å². The quantitative estimate of drug-likeness (QED) is 0.175. The second-order valence-electron chi connectivity index (χ2n) is 14.0. The second-order valence-corrected chi connectivity index (χ2v) is 16.1. The number of aromatic nitrogens is 4. The van der Waals surface area contributed by atoms with E-state index in [1.807, 2.05) is 66.7 Å². The molecule has 0 unspecified atom stereocenters. The maximum absolute atomic E-state index is 9.58. The Kier molecular flexibility index (Phi) is 6.18. The fourth-order valence-corrected chi connectivity index (χ4v) is 10.3. The van der Waals surface area contributed by atoms with Gasteiger partial charge < -0.3 is 4.57 Å². The molecular weight excluding hydrogens is 733 g/mol. The highest BCUT2D eigenvalue weighted by Gasteiger charge is 2.21. The summed E-state index contributed by atoms with van der Waals surface area (Å²) in [4.78, 5) is 15.4. The molecule has 0 aliphatic rings. The number of para-hydroxylation sites is 2. The third-order valence-electron chi connectivity index (χ3n) is 10.7. The molecule has 6 heteroatoms. The molecular formula is C51H30N4S2. The summed E-state index contributed by atoms with van der Waals surface area (Å²) in [6.45, 7) is 0. The highest BCUT2D eigenvalue weighted by molar-refractivity contribution is 7.26. The van der Waals surface area contributed by atoms with Gasteiger partial charge in [0.1, 0.15) is 0 Å². The van der Waals surface area contributed by atoms with Gasteiger partial charge in [-0.2, -0.15) is 0 Å². The number of hydrogen-bond acceptors (Lipinski definition) is 5. The Morgan fingerprint density at radius 3 is 1.84 bits per heavy atom. The fraction of sp³-hybridized carbons (Fsp3) is 0. The van der Waals surface area contributed by atoms with Crippen molar-refractivity contribution in [2.24, 2.45) is 0 Å². The molecule has 0 amide bonds. The first-order valence-corrected chi connectivity index (χ1v) is 20.2. The van der Waals surface area contributed by atoms with Crippen LogP contribution in [0.4, 0.5) is 0 Å². The van der Waals surface area contributed by atoms with E-state index in [2.05, 4.69) is 77.4 Å². The van der Waals surface area contributed by atoms with E-state index in [0.717, 1.165) is 43.3 Å². The van der Waals surface area contributed by atoms with Gasteiger partial charge in [0, 0.05) is 78.9 Å². The third-order valence-corrected chi connectivity index (χ3v) is 13.0. The maximum atomic E-state index is 9.58. The molecule has 0 aliphatic carbocycles. The normalized spacial score (nSPS) is 13.1. The molecule has 4 nitrogen and oxygen atoms in total. The SMILES string of the molecule is [2H]c1cc([2H])c2c(sc3c([2H])cc([2H])c([2H])c32)c1-c1cc(-c2nc(-c3ccccc3)nc(-c3ccc4c(c3)sc3ccccc34)n2)ccc1-n1c2ccccc2c2ccccc21. The van der Waals surface area contributed by atoms with Crippen LogP contribution >= 0.6 is 22.7 Å². The van der Waals surface area contributed by atoms with Gasteiger partial charge in [0.05, 0.1) is 23.6 Å². The zero-order valence-corrected chi connectivity index (χ0v) is 31.7. The van der Waals surface area contributed by atoms with E-state index in [4.69, 9.17) is 20.4 Å². The van der Waals surface area contributed by atoms with Gasteiger partial charge in [0.25, 0.3) is 0 Å². The lowest BCUT2D eigenvalue weighted by atomic mass is 9.98. The van der Waals surface area contributed by atoms with E-state index in [1.165, 1.54) is 38.9 Å². The van der Waals surface area contributed by atoms with Crippen LogP contribution in [-0.2, 0) is 0 Å². The van der Waals surface area contributed by atoms with E-state index in [-0.39, 0.29) is 30.2 Å². The molecule has 4 aromatic heterocycles. The summed E-state index contributed by atoms with van der Waals surface area (Å²) < 4.78 is 50.7. The van der Waals surface area contributed by atoms with Gasteiger partial charge in [-0.25, -0.2) is 15.0 Å². The molecule has 0 fully saturated rings. The minimum atomic E-state index is -0.0718. The highest BCUT2D eigenvalue weighted by atomic mass is 32.1. The monoisotopic (exact) mass is 767 g/mol. The lowest BCUT2D eigenvalue weighted by Gasteiger charge is -2.17. The van der Waals surface area contributed by atoms with Gasteiger partial charge in [0.2, 0.25) is 0 Å². The summed E-state index contributed by atoms with van der Waals surface area (Å²) in [5.74, 6) is 1.51. The molecule has 0 aliphatic heterocycles. The topological polar surface area (TPSA) is 43.6 Å². The zero-order chi connectivity index (χ0) is 41.8. The largest absolute Gasteiger partial charge is 0.309 e. The van der Waals surface area contributed by atoms with Gasteiger partial charge >= 0.3 is 0 Å². The van der Waals surface area contributed by atoms with E-state index in [0.29, 0.717) is 54.3 Å². The first-order chi connectivity index (χ1) is 30.3. The molecule has 4 heterocycles. The Labute approximate surface area is 342 Å². The Morgan fingerprint density at radius 1 is 0.404 bits per heavy atom. The number of nitrogens with zero attached hydrogens (tertiary/aromatic N) is 4. The number of rotatable bonds is 5. The highest BCUT2D eigenvalue weighted by Crippen LogP contribution is 2.44. The first-order valence-electron chi connectivity index (χ1n) is 21.1. The van der Waals surface area contributed by atoms with Crippen molar-refractivity contribution in [2.75, 3.05) is 0 Å². The van der Waals surface area contributed by atoms with E-state index >= 15 is 0 Å². The maximum Gasteiger partial charge on any atom is 0.164 e. The molecule has 0 spiro atoms. The predicted molar refractivity (Wildman–Crippen MR) is 242 cm³/mol. The van der Waals surface area contributed by atoms with Crippen LogP contribution in [0.2, 0.25) is 0 Å². The molecule has 266 valence electrons. The number of thiophene rings is 2. The number of fused-ring (bicyclic) bond motifs is 9. The van der Waals surface area contributed by atoms with Crippen molar-refractivity contribution in [1.82, 2.24) is 19.5 Å². The van der Waals surface area contributed by atoms with Crippen LogP contribution < -0.4 is 0 Å². The van der Waals surface area contributed by atoms with Crippen LogP contribution in [0.1, 0.15) is 6.85 Å². The second kappa shape index (κ2) is 12.8. The van der Waals surface area contributed by atoms with Crippen molar-refractivity contribution >= 4 is 84.8 Å². The Hall–Kier alpha value is -6.99. The van der Waals surface area contributed by atoms with Crippen molar-refractivity contribution in [3.63, 3.8) is 0 Å². The summed E-state index contributed by atoms with van der Waals surface area (Å²) in [7, 11) is 0. The van der Waals surface area contributed by atoms with Crippen molar-refractivity contribution in [2.45, 2.75) is 0 Å². The van der Waals surface area contributed by atoms with Crippen molar-refractivity contribution in [3.8, 4) is 51.0 Å². The van der Waals surface area contributed by atoms with Crippen molar-refractivity contribution in [1.29, 1.82) is 0 Å². The summed E-state index contributed by atoms with van der Waals surface area (Å²) in [5.41, 5.74) is 6.47. The molecule has 0 saturated carbocycles. The van der Waals surface area contributed by atoms with E-state index in [9.17, 15) is 1.37 Å². The lowest BCUT2D eigenvalue weighted by molar-refractivity contribution is 1.07. The van der Waals surface area contributed by atoms with Crippen LogP contribution in [0.25, 0.3) is 113 Å². The molecule has 0 bridgehead atoms. The van der Waals surface area contributed by atoms with Crippen LogP contribution in [0.15, 0.2) is 182 Å². The third kappa shape index (κ3) is 5.15. The number of benzene rings is 8. The minimum Gasteiger partial charge on any atom is -0.309 e. The number of hydrogen-bond donors (Lipinski definition) is 0. The summed E-state index contributed by atoms with van der Waals surface area (Å²) in [5, 5.41) is 5.44. The van der Waals surface area contributed by atoms with Gasteiger partial charge in [-0.1, -0.05) is 133 Å². The molecule has 0 saturated heterocycles. The standard InChI is InChI=1S/C51H30N4S2/c1-2-13-31(14-3-1)49-52-50(54-51(53-49)33-25-27-38-36-17-6-10-23-45(36)56-47(38)30-33)32-26-28-44(55-42-21-8-4-15-34(42)35-16-5-9-22-43(35)55)41(29-32)40-20-12-19-39-37-18-7-11-24-46(37)57-48(39)40/h1-30H/i7D,18D,19D,20D,24D. The average molecular weight is 768 g/mol. The van der Waals surface area contributed by atoms with Gasteiger partial charge in [-0.3, -0.25) is 0 Å². The predicted octanol–water partition coefficient (Wildman–Crippen LogP) is 14.4. The molecule has 12 aromatic rings. The minimum absolute atomic E-state index is 0.0317. The van der Waals surface area contributed by atoms with Crippen LogP contribution in [-0.4, -0.2) is 19.5 Å². The summed E-state index contributed by atoms with van der Waals surface area (Å²) in [6.07, 6.45) is 0. The molecule has 0 N–H and O–H groups in total. The fourth-order valence-electron chi connectivity index (χ4n) is 8.09. The van der Waals surface area contributed by atoms with Crippen LogP contribution in [0.3, 0.4) is 0 Å². The Bertz CT molecular complexity index is 3780. The van der Waals surface area contributed by atoms with Gasteiger partial charge in [-0.15, -0.1) is 22.7 Å². The van der Waals surface area contributed by atoms with Crippen molar-refractivity contribution < 1.29 is 6.85 Å². The molecule has 8 aromatic carbocycles. The lowest BCUT2D eigenvalue weighted by Crippen LogP contribution is -2.02. The van der Waals surface area contributed by atoms with Gasteiger partial charge in [0.15, 0.2) is 17.5 Å². The van der Waals surface area contributed by atoms with Crippen LogP contribution in [0, 0.1) is 0 Å². The van der Waals surface area contributed by atoms with E-state index < -0.39 is 0 Å². The molecule has 57 heavy (non-hydrogen) atoms. The van der Waals surface area contributed by atoms with Gasteiger partial charge in [-0.05, 0) is 48.5 Å². The Balaban J connectivity index is 1.16. The van der Waals surface area contributed by atoms with E-state index in [1.54, 1.807) is 11.3 Å². The Morgan fingerprint density at radius 2 is 1.05 bits per heavy atom. The molecule has 0 atom stereocenters. The molecule has 12 rings (SSSR count). The zero-order valence-electron chi connectivity index (χ0n) is 35.0. The van der Waals surface area contributed by atoms with Crippen LogP contribution in [0.5, 0.6) is 0 Å². The summed E-state index contributed by atoms with van der Waals surface area (Å²) in [6, 6.07) is 50.5. The molecule has 0 radical (unpaired) electrons. The summed E-state index contributed by atoms with van der Waals surface area (Å²) >= 11 is 3.04. The first kappa shape index (κ1) is 27.6.